The largest absolute Gasteiger partial charge is 0.497 e. The Balaban J connectivity index is 2.13. The SMILES string of the molecule is COc1ccc2c(C[C@H](OC)C(=O)N[C@@H](CCC(=O)C=[N+]=[N-])C(=O)OC(C)C)c[nH]c2c1. The number of amides is 1. The maximum Gasteiger partial charge on any atom is 0.328 e. The molecule has 1 heterocycles. The van der Waals surface area contributed by atoms with Crippen LogP contribution in [-0.2, 0) is 30.3 Å². The number of fused-ring (bicyclic) bond motifs is 1. The molecule has 0 bridgehead atoms. The van der Waals surface area contributed by atoms with Gasteiger partial charge in [0.1, 0.15) is 17.9 Å². The normalized spacial score (nSPS) is 12.7. The van der Waals surface area contributed by atoms with Crippen LogP contribution >= 0.6 is 0 Å². The van der Waals surface area contributed by atoms with Crippen molar-refractivity contribution in [3.8, 4) is 5.75 Å². The molecule has 172 valence electrons. The van der Waals surface area contributed by atoms with Crippen molar-refractivity contribution >= 4 is 34.8 Å². The zero-order valence-electron chi connectivity index (χ0n) is 18.6. The lowest BCUT2D eigenvalue weighted by Crippen LogP contribution is -2.48. The zero-order chi connectivity index (χ0) is 23.7. The zero-order valence-corrected chi connectivity index (χ0v) is 18.6. The lowest BCUT2D eigenvalue weighted by atomic mass is 10.0. The summed E-state index contributed by atoms with van der Waals surface area (Å²) in [6.45, 7) is 3.37. The van der Waals surface area contributed by atoms with Gasteiger partial charge in [-0.05, 0) is 38.0 Å². The molecule has 10 heteroatoms. The van der Waals surface area contributed by atoms with Gasteiger partial charge in [-0.15, -0.1) is 0 Å². The Bertz CT molecular complexity index is 1010. The molecule has 1 aromatic carbocycles. The molecule has 0 aliphatic heterocycles. The Morgan fingerprint density at radius 3 is 2.62 bits per heavy atom. The van der Waals surface area contributed by atoms with Crippen LogP contribution in [0.2, 0.25) is 0 Å². The van der Waals surface area contributed by atoms with Gasteiger partial charge in [0.05, 0.1) is 13.2 Å². The number of aromatic amines is 1. The fraction of sp³-hybridized carbons (Fsp3) is 0.455. The van der Waals surface area contributed by atoms with E-state index in [4.69, 9.17) is 19.7 Å². The van der Waals surface area contributed by atoms with E-state index in [1.54, 1.807) is 27.2 Å². The van der Waals surface area contributed by atoms with Crippen LogP contribution in [0.3, 0.4) is 0 Å². The van der Waals surface area contributed by atoms with E-state index in [-0.39, 0.29) is 19.3 Å². The van der Waals surface area contributed by atoms with Gasteiger partial charge in [0, 0.05) is 43.1 Å². The van der Waals surface area contributed by atoms with Crippen LogP contribution < -0.4 is 10.1 Å². The van der Waals surface area contributed by atoms with E-state index >= 15 is 0 Å². The molecule has 0 radical (unpaired) electrons. The standard InChI is InChI=1S/C22H28N4O6/c1-13(2)32-22(29)18(8-5-15(27)12-25-23)26-21(28)20(31-4)9-14-11-24-19-10-16(30-3)6-7-17(14)19/h6-7,10-13,18,20,24H,5,8-9H2,1-4H3,(H,26,28)/t18-,20-/m0/s1. The number of carbonyl (C=O) groups is 3. The number of benzene rings is 1. The van der Waals surface area contributed by atoms with Crippen molar-refractivity contribution < 1.29 is 33.4 Å². The number of nitrogens with zero attached hydrogens (tertiary/aromatic N) is 2. The average molecular weight is 444 g/mol. The quantitative estimate of drug-likeness (QED) is 0.221. The van der Waals surface area contributed by atoms with Gasteiger partial charge in [-0.1, -0.05) is 0 Å². The summed E-state index contributed by atoms with van der Waals surface area (Å²) >= 11 is 0. The van der Waals surface area contributed by atoms with E-state index < -0.39 is 35.9 Å². The van der Waals surface area contributed by atoms with Crippen molar-refractivity contribution in [2.24, 2.45) is 0 Å². The highest BCUT2D eigenvalue weighted by molar-refractivity contribution is 6.25. The molecular formula is C22H28N4O6. The van der Waals surface area contributed by atoms with Crippen LogP contribution in [0.5, 0.6) is 5.75 Å². The molecule has 0 fully saturated rings. The van der Waals surface area contributed by atoms with Gasteiger partial charge in [-0.25, -0.2) is 4.79 Å². The first-order valence-corrected chi connectivity index (χ1v) is 10.2. The number of ether oxygens (including phenoxy) is 3. The van der Waals surface area contributed by atoms with Gasteiger partial charge in [0.2, 0.25) is 11.7 Å². The number of methoxy groups -OCH3 is 2. The fourth-order valence-electron chi connectivity index (χ4n) is 3.19. The minimum absolute atomic E-state index is 0.00847. The van der Waals surface area contributed by atoms with Gasteiger partial charge in [-0.3, -0.25) is 9.59 Å². The molecule has 2 rings (SSSR count). The van der Waals surface area contributed by atoms with E-state index in [0.29, 0.717) is 5.75 Å². The Morgan fingerprint density at radius 1 is 1.25 bits per heavy atom. The second-order valence-electron chi connectivity index (χ2n) is 7.45. The van der Waals surface area contributed by atoms with Crippen molar-refractivity contribution in [2.75, 3.05) is 14.2 Å². The molecule has 0 aliphatic rings. The number of hydrogen-bond donors (Lipinski definition) is 2. The number of Topliss-reactive ketones (excluding diaryl/α,β-unsaturated/α-hetero) is 1. The van der Waals surface area contributed by atoms with Crippen LogP contribution in [0.15, 0.2) is 24.4 Å². The number of carbonyl (C=O) groups excluding carboxylic acids is 3. The summed E-state index contributed by atoms with van der Waals surface area (Å²) in [4.78, 5) is 42.8. The highest BCUT2D eigenvalue weighted by Gasteiger charge is 2.28. The van der Waals surface area contributed by atoms with Crippen molar-refractivity contribution in [1.82, 2.24) is 10.3 Å². The number of nitrogens with one attached hydrogen (secondary N) is 2. The first kappa shape index (κ1) is 24.8. The van der Waals surface area contributed by atoms with Gasteiger partial charge in [0.15, 0.2) is 0 Å². The minimum atomic E-state index is -1.05. The Labute approximate surface area is 185 Å². The van der Waals surface area contributed by atoms with Crippen molar-refractivity contribution in [3.05, 3.63) is 35.5 Å². The van der Waals surface area contributed by atoms with Gasteiger partial charge in [0.25, 0.3) is 0 Å². The van der Waals surface area contributed by atoms with E-state index in [1.165, 1.54) is 7.11 Å². The Hall–Kier alpha value is -3.49. The maximum absolute atomic E-state index is 12.9. The first-order valence-electron chi connectivity index (χ1n) is 10.2. The Morgan fingerprint density at radius 2 is 2.00 bits per heavy atom. The molecule has 0 saturated carbocycles. The van der Waals surface area contributed by atoms with Crippen LogP contribution in [0.25, 0.3) is 16.4 Å². The third kappa shape index (κ3) is 6.76. The summed E-state index contributed by atoms with van der Waals surface area (Å²) in [5.41, 5.74) is 10.2. The molecule has 32 heavy (non-hydrogen) atoms. The second kappa shape index (κ2) is 11.8. The van der Waals surface area contributed by atoms with E-state index in [0.717, 1.165) is 22.7 Å². The van der Waals surface area contributed by atoms with Crippen LogP contribution in [0, 0.1) is 0 Å². The summed E-state index contributed by atoms with van der Waals surface area (Å²) in [5.74, 6) is -0.943. The molecule has 10 nitrogen and oxygen atoms in total. The molecule has 0 saturated heterocycles. The number of H-pyrrole nitrogens is 1. The average Bonchev–Trinajstić information content (AvgIpc) is 3.16. The predicted octanol–water partition coefficient (Wildman–Crippen LogP) is 1.82. The number of rotatable bonds is 12. The minimum Gasteiger partial charge on any atom is -0.497 e. The smallest absolute Gasteiger partial charge is 0.328 e. The van der Waals surface area contributed by atoms with Gasteiger partial charge in [-0.2, -0.15) is 4.79 Å². The highest BCUT2D eigenvalue weighted by atomic mass is 16.5. The third-order valence-electron chi connectivity index (χ3n) is 4.79. The van der Waals surface area contributed by atoms with Crippen LogP contribution in [0.4, 0.5) is 0 Å². The molecular weight excluding hydrogens is 416 g/mol. The molecule has 1 aromatic heterocycles. The summed E-state index contributed by atoms with van der Waals surface area (Å²) in [6, 6.07) is 4.52. The van der Waals surface area contributed by atoms with Crippen molar-refractivity contribution in [2.45, 2.75) is 51.4 Å². The second-order valence-corrected chi connectivity index (χ2v) is 7.45. The number of hydrogen-bond acceptors (Lipinski definition) is 6. The third-order valence-corrected chi connectivity index (χ3v) is 4.79. The summed E-state index contributed by atoms with van der Waals surface area (Å²) in [5, 5.41) is 3.54. The van der Waals surface area contributed by atoms with Crippen molar-refractivity contribution in [3.63, 3.8) is 0 Å². The Kier molecular flexibility index (Phi) is 9.12. The van der Waals surface area contributed by atoms with Gasteiger partial charge < -0.3 is 30.0 Å². The molecule has 2 aromatic rings. The van der Waals surface area contributed by atoms with E-state index in [1.807, 2.05) is 18.2 Å². The lowest BCUT2D eigenvalue weighted by Gasteiger charge is -2.21. The van der Waals surface area contributed by atoms with E-state index in [2.05, 4.69) is 15.1 Å². The van der Waals surface area contributed by atoms with E-state index in [9.17, 15) is 14.4 Å². The molecule has 2 atom stereocenters. The summed E-state index contributed by atoms with van der Waals surface area (Å²) in [7, 11) is 2.99. The first-order chi connectivity index (χ1) is 15.3. The predicted molar refractivity (Wildman–Crippen MR) is 116 cm³/mol. The van der Waals surface area contributed by atoms with Crippen LogP contribution in [0.1, 0.15) is 32.3 Å². The maximum atomic E-state index is 12.9. The number of esters is 1. The summed E-state index contributed by atoms with van der Waals surface area (Å²) < 4.78 is 15.8. The number of aromatic nitrogens is 1. The molecule has 0 spiro atoms. The van der Waals surface area contributed by atoms with Crippen LogP contribution in [-0.4, -0.2) is 66.1 Å². The van der Waals surface area contributed by atoms with Crippen molar-refractivity contribution in [1.29, 1.82) is 0 Å². The number of ketones is 1. The lowest BCUT2D eigenvalue weighted by molar-refractivity contribution is -0.152. The molecule has 1 amide bonds. The summed E-state index contributed by atoms with van der Waals surface area (Å²) in [6.07, 6.45) is 1.42. The fourth-order valence-corrected chi connectivity index (χ4v) is 3.19. The highest BCUT2D eigenvalue weighted by Crippen LogP contribution is 2.24. The monoisotopic (exact) mass is 444 g/mol. The topological polar surface area (TPSA) is 143 Å². The molecule has 0 unspecified atom stereocenters. The molecule has 2 N–H and O–H groups in total. The van der Waals surface area contributed by atoms with Gasteiger partial charge >= 0.3 is 12.2 Å². The molecule has 0 aliphatic carbocycles.